The summed E-state index contributed by atoms with van der Waals surface area (Å²) in [4.78, 5) is 25.7. The summed E-state index contributed by atoms with van der Waals surface area (Å²) in [7, 11) is 0. The average molecular weight is 265 g/mol. The fourth-order valence-electron chi connectivity index (χ4n) is 4.14. The van der Waals surface area contributed by atoms with Crippen molar-refractivity contribution in [3.63, 3.8) is 0 Å². The molecule has 2 amide bonds. The number of amides is 2. The standard InChI is InChI=1S/C15H23NO3/c1-14(2,3)19-13(18)16-11-9(12(16)17)6-8-7-10(11)15(8,4)5/h8-11H,6-7H2,1-5H3/t8-,9+,10+,11+/m1/s1. The van der Waals surface area contributed by atoms with E-state index in [0.717, 1.165) is 12.8 Å². The molecule has 1 aliphatic heterocycles. The minimum atomic E-state index is -0.547. The Morgan fingerprint density at radius 2 is 1.95 bits per heavy atom. The van der Waals surface area contributed by atoms with E-state index in [1.807, 2.05) is 20.8 Å². The molecule has 4 atom stereocenters. The first-order valence-corrected chi connectivity index (χ1v) is 7.19. The van der Waals surface area contributed by atoms with Crippen molar-refractivity contribution < 1.29 is 14.3 Å². The summed E-state index contributed by atoms with van der Waals surface area (Å²) in [5.41, 5.74) is -0.281. The van der Waals surface area contributed by atoms with E-state index >= 15 is 0 Å². The zero-order valence-electron chi connectivity index (χ0n) is 12.4. The van der Waals surface area contributed by atoms with Crippen LogP contribution in [0.1, 0.15) is 47.5 Å². The highest BCUT2D eigenvalue weighted by atomic mass is 16.6. The second-order valence-corrected chi connectivity index (χ2v) is 7.88. The van der Waals surface area contributed by atoms with Gasteiger partial charge in [-0.3, -0.25) is 4.79 Å². The summed E-state index contributed by atoms with van der Waals surface area (Å²) >= 11 is 0. The zero-order valence-corrected chi connectivity index (χ0v) is 12.4. The van der Waals surface area contributed by atoms with Crippen molar-refractivity contribution in [2.75, 3.05) is 0 Å². The molecule has 0 radical (unpaired) electrons. The minimum Gasteiger partial charge on any atom is -0.443 e. The van der Waals surface area contributed by atoms with Crippen LogP contribution in [0, 0.1) is 23.2 Å². The molecule has 3 aliphatic carbocycles. The van der Waals surface area contributed by atoms with Gasteiger partial charge in [-0.2, -0.15) is 0 Å². The van der Waals surface area contributed by atoms with E-state index in [9.17, 15) is 9.59 Å². The topological polar surface area (TPSA) is 46.6 Å². The van der Waals surface area contributed by atoms with Gasteiger partial charge in [0.05, 0.1) is 12.0 Å². The van der Waals surface area contributed by atoms with E-state index in [0.29, 0.717) is 11.8 Å². The molecule has 4 aliphatic rings. The Labute approximate surface area is 114 Å². The Balaban J connectivity index is 1.77. The van der Waals surface area contributed by atoms with Crippen LogP contribution in [0.4, 0.5) is 4.79 Å². The smallest absolute Gasteiger partial charge is 0.417 e. The molecule has 1 heterocycles. The Kier molecular flexibility index (Phi) is 2.40. The number of likely N-dealkylation sites (tertiary alicyclic amines) is 1. The quantitative estimate of drug-likeness (QED) is 0.633. The van der Waals surface area contributed by atoms with Crippen LogP contribution in [0.25, 0.3) is 0 Å². The SMILES string of the molecule is CC(C)(C)OC(=O)N1C(=O)[C@H]2C[C@@H]3C[C@@H]([C@H]21)C3(C)C. The number of hydrogen-bond acceptors (Lipinski definition) is 3. The molecule has 106 valence electrons. The van der Waals surface area contributed by atoms with E-state index in [4.69, 9.17) is 4.74 Å². The summed E-state index contributed by atoms with van der Waals surface area (Å²) in [6.45, 7) is 10.0. The van der Waals surface area contributed by atoms with Gasteiger partial charge in [0.15, 0.2) is 0 Å². The first-order valence-electron chi connectivity index (χ1n) is 7.19. The van der Waals surface area contributed by atoms with E-state index in [1.54, 1.807) is 0 Å². The third-order valence-corrected chi connectivity index (χ3v) is 5.35. The predicted molar refractivity (Wildman–Crippen MR) is 70.4 cm³/mol. The molecule has 4 nitrogen and oxygen atoms in total. The lowest BCUT2D eigenvalue weighted by atomic mass is 9.43. The first-order chi connectivity index (χ1) is 8.63. The summed E-state index contributed by atoms with van der Waals surface area (Å²) in [6.07, 6.45) is 1.65. The lowest BCUT2D eigenvalue weighted by Crippen LogP contribution is -2.75. The van der Waals surface area contributed by atoms with E-state index < -0.39 is 11.7 Å². The van der Waals surface area contributed by atoms with E-state index in [-0.39, 0.29) is 23.3 Å². The molecule has 0 unspecified atom stereocenters. The Morgan fingerprint density at radius 1 is 1.32 bits per heavy atom. The maximum Gasteiger partial charge on any atom is 0.417 e. The Hall–Kier alpha value is -1.06. The second-order valence-electron chi connectivity index (χ2n) is 7.88. The van der Waals surface area contributed by atoms with Crippen molar-refractivity contribution in [3.05, 3.63) is 0 Å². The van der Waals surface area contributed by atoms with Gasteiger partial charge in [0.2, 0.25) is 5.91 Å². The second kappa shape index (κ2) is 3.53. The minimum absolute atomic E-state index is 0.0237. The average Bonchev–Trinajstić information content (AvgIpc) is 2.24. The van der Waals surface area contributed by atoms with Crippen LogP contribution in [0.3, 0.4) is 0 Å². The van der Waals surface area contributed by atoms with Crippen LogP contribution in [-0.4, -0.2) is 28.5 Å². The number of imide groups is 1. The summed E-state index contributed by atoms with van der Waals surface area (Å²) < 4.78 is 5.36. The molecule has 1 saturated heterocycles. The number of β-lactam (4-membered cyclic amide) rings is 1. The number of carbonyl (C=O) groups is 2. The fourth-order valence-corrected chi connectivity index (χ4v) is 4.14. The van der Waals surface area contributed by atoms with Crippen molar-refractivity contribution in [1.82, 2.24) is 4.90 Å². The molecular formula is C15H23NO3. The largest absolute Gasteiger partial charge is 0.443 e. The van der Waals surface area contributed by atoms with Crippen LogP contribution >= 0.6 is 0 Å². The molecule has 0 N–H and O–H groups in total. The number of ether oxygens (including phenoxy) is 1. The summed E-state index contributed by atoms with van der Waals surface area (Å²) in [5, 5.41) is 0. The molecular weight excluding hydrogens is 242 g/mol. The van der Waals surface area contributed by atoms with Crippen molar-refractivity contribution in [2.24, 2.45) is 23.2 Å². The zero-order chi connectivity index (χ0) is 14.2. The number of hydrogen-bond donors (Lipinski definition) is 0. The highest BCUT2D eigenvalue weighted by Crippen LogP contribution is 2.64. The van der Waals surface area contributed by atoms with Gasteiger partial charge in [-0.05, 0) is 50.9 Å². The van der Waals surface area contributed by atoms with Crippen LogP contribution in [-0.2, 0) is 9.53 Å². The van der Waals surface area contributed by atoms with Gasteiger partial charge in [0.1, 0.15) is 5.60 Å². The van der Waals surface area contributed by atoms with Crippen molar-refractivity contribution >= 4 is 12.0 Å². The van der Waals surface area contributed by atoms with Crippen LogP contribution in [0.5, 0.6) is 0 Å². The summed E-state index contributed by atoms with van der Waals surface area (Å²) in [6, 6.07) is 0.0855. The Bertz CT molecular complexity index is 449. The third kappa shape index (κ3) is 1.65. The Morgan fingerprint density at radius 3 is 2.47 bits per heavy atom. The van der Waals surface area contributed by atoms with Crippen molar-refractivity contribution in [2.45, 2.75) is 59.1 Å². The normalized spacial score (nSPS) is 39.0. The van der Waals surface area contributed by atoms with Gasteiger partial charge in [-0.25, -0.2) is 9.69 Å². The van der Waals surface area contributed by atoms with Crippen molar-refractivity contribution in [1.29, 1.82) is 0 Å². The first kappa shape index (κ1) is 12.9. The number of carbonyl (C=O) groups excluding carboxylic acids is 2. The molecule has 0 aromatic rings. The molecule has 19 heavy (non-hydrogen) atoms. The number of nitrogens with zero attached hydrogens (tertiary/aromatic N) is 1. The van der Waals surface area contributed by atoms with Gasteiger partial charge in [-0.1, -0.05) is 13.8 Å². The third-order valence-electron chi connectivity index (χ3n) is 5.35. The van der Waals surface area contributed by atoms with Crippen molar-refractivity contribution in [3.8, 4) is 0 Å². The number of rotatable bonds is 0. The van der Waals surface area contributed by atoms with Gasteiger partial charge in [0.25, 0.3) is 0 Å². The van der Waals surface area contributed by atoms with Crippen LogP contribution in [0.15, 0.2) is 0 Å². The van der Waals surface area contributed by atoms with E-state index in [2.05, 4.69) is 13.8 Å². The molecule has 4 fully saturated rings. The van der Waals surface area contributed by atoms with Gasteiger partial charge >= 0.3 is 6.09 Å². The predicted octanol–water partition coefficient (Wildman–Crippen LogP) is 2.81. The van der Waals surface area contributed by atoms with Gasteiger partial charge in [-0.15, -0.1) is 0 Å². The maximum atomic E-state index is 12.2. The molecule has 0 spiro atoms. The lowest BCUT2D eigenvalue weighted by Gasteiger charge is -2.67. The lowest BCUT2D eigenvalue weighted by molar-refractivity contribution is -0.202. The van der Waals surface area contributed by atoms with Crippen LogP contribution < -0.4 is 0 Å². The molecule has 0 aromatic heterocycles. The highest BCUT2D eigenvalue weighted by Gasteiger charge is 2.68. The molecule has 2 bridgehead atoms. The maximum absolute atomic E-state index is 12.2. The highest BCUT2D eigenvalue weighted by molar-refractivity contribution is 6.00. The molecule has 3 saturated carbocycles. The fraction of sp³-hybridized carbons (Fsp3) is 0.867. The molecule has 4 heteroatoms. The summed E-state index contributed by atoms with van der Waals surface area (Å²) in [5.74, 6) is 1.17. The van der Waals surface area contributed by atoms with E-state index in [1.165, 1.54) is 4.90 Å². The van der Waals surface area contributed by atoms with Crippen LogP contribution in [0.2, 0.25) is 0 Å². The monoisotopic (exact) mass is 265 g/mol. The van der Waals surface area contributed by atoms with Gasteiger partial charge in [0, 0.05) is 0 Å². The molecule has 4 rings (SSSR count). The van der Waals surface area contributed by atoms with Gasteiger partial charge < -0.3 is 4.74 Å². The molecule has 0 aromatic carbocycles.